The summed E-state index contributed by atoms with van der Waals surface area (Å²) in [6.45, 7) is 7.64. The van der Waals surface area contributed by atoms with Gasteiger partial charge in [0, 0.05) is 29.0 Å². The first-order chi connectivity index (χ1) is 17.2. The molecule has 3 rings (SSSR count). The van der Waals surface area contributed by atoms with E-state index in [2.05, 4.69) is 16.5 Å². The number of nitriles is 1. The molecular formula is C28H30ClN3O4. The number of rotatable bonds is 11. The normalized spacial score (nSPS) is 14.4. The Kier molecular flexibility index (Phi) is 8.89. The minimum absolute atomic E-state index is 0.0839. The van der Waals surface area contributed by atoms with Crippen molar-refractivity contribution in [3.05, 3.63) is 87.8 Å². The predicted molar refractivity (Wildman–Crippen MR) is 137 cm³/mol. The number of benzene rings is 2. The first kappa shape index (κ1) is 27.0. The average Bonchev–Trinajstić information content (AvgIpc) is 3.38. The summed E-state index contributed by atoms with van der Waals surface area (Å²) in [5.41, 5.74) is 1.63. The zero-order valence-corrected chi connectivity index (χ0v) is 21.6. The first-order valence-electron chi connectivity index (χ1n) is 11.8. The molecular weight excluding hydrogens is 478 g/mol. The Hall–Kier alpha value is -3.63. The number of aromatic nitrogens is 1. The molecule has 1 amide bonds. The molecule has 0 aliphatic heterocycles. The summed E-state index contributed by atoms with van der Waals surface area (Å²) < 4.78 is 10.5. The lowest BCUT2D eigenvalue weighted by atomic mass is 9.83. The molecule has 2 aromatic carbocycles. The summed E-state index contributed by atoms with van der Waals surface area (Å²) in [6, 6.07) is 18.5. The van der Waals surface area contributed by atoms with Gasteiger partial charge in [-0.05, 0) is 55.7 Å². The van der Waals surface area contributed by atoms with Crippen molar-refractivity contribution < 1.29 is 18.8 Å². The van der Waals surface area contributed by atoms with Gasteiger partial charge < -0.3 is 14.6 Å². The third kappa shape index (κ3) is 6.32. The molecule has 1 heterocycles. The highest BCUT2D eigenvalue weighted by Crippen LogP contribution is 2.30. The van der Waals surface area contributed by atoms with Crippen molar-refractivity contribution in [2.75, 3.05) is 6.61 Å². The minimum Gasteiger partial charge on any atom is -0.466 e. The highest BCUT2D eigenvalue weighted by Gasteiger charge is 2.41. The van der Waals surface area contributed by atoms with Gasteiger partial charge in [0.1, 0.15) is 23.5 Å². The van der Waals surface area contributed by atoms with E-state index in [1.165, 1.54) is 0 Å². The summed E-state index contributed by atoms with van der Waals surface area (Å²) in [6.07, 6.45) is 0.608. The van der Waals surface area contributed by atoms with Crippen LogP contribution in [0.4, 0.5) is 0 Å². The van der Waals surface area contributed by atoms with Crippen LogP contribution in [0.2, 0.25) is 5.02 Å². The largest absolute Gasteiger partial charge is 0.466 e. The fraction of sp³-hybridized carbons (Fsp3) is 0.357. The van der Waals surface area contributed by atoms with Gasteiger partial charge >= 0.3 is 0 Å². The molecule has 0 spiro atoms. The van der Waals surface area contributed by atoms with Crippen LogP contribution < -0.4 is 5.32 Å². The van der Waals surface area contributed by atoms with Gasteiger partial charge in [-0.15, -0.1) is 0 Å². The van der Waals surface area contributed by atoms with E-state index in [-0.39, 0.29) is 30.4 Å². The molecule has 0 aliphatic rings. The summed E-state index contributed by atoms with van der Waals surface area (Å²) >= 11 is 6.06. The van der Waals surface area contributed by atoms with Crippen LogP contribution in [-0.2, 0) is 26.2 Å². The maximum absolute atomic E-state index is 13.7. The predicted octanol–water partition coefficient (Wildman–Crippen LogP) is 5.28. The summed E-state index contributed by atoms with van der Waals surface area (Å²) in [4.78, 5) is 24.6. The second-order valence-corrected chi connectivity index (χ2v) is 9.88. The third-order valence-electron chi connectivity index (χ3n) is 6.38. The quantitative estimate of drug-likeness (QED) is 0.354. The van der Waals surface area contributed by atoms with Gasteiger partial charge in [-0.1, -0.05) is 54.9 Å². The summed E-state index contributed by atoms with van der Waals surface area (Å²) in [7, 11) is 0. The fourth-order valence-electron chi connectivity index (χ4n) is 4.04. The molecule has 36 heavy (non-hydrogen) atoms. The van der Waals surface area contributed by atoms with Crippen LogP contribution in [0.1, 0.15) is 67.7 Å². The smallest absolute Gasteiger partial charge is 0.293 e. The van der Waals surface area contributed by atoms with E-state index < -0.39 is 5.41 Å². The van der Waals surface area contributed by atoms with Crippen LogP contribution in [0.5, 0.6) is 0 Å². The SMILES string of the molecule is CC(C)c1cc(C(C)(COC=O)C(=O)N[C@@H](C)[C@@H](Cc2ccc(Cl)cc2)c2cccc(C#N)c2)no1. The van der Waals surface area contributed by atoms with Crippen molar-refractivity contribution >= 4 is 24.0 Å². The van der Waals surface area contributed by atoms with E-state index in [1.807, 2.05) is 63.2 Å². The second kappa shape index (κ2) is 11.9. The van der Waals surface area contributed by atoms with Crippen LogP contribution in [0.15, 0.2) is 59.1 Å². The highest BCUT2D eigenvalue weighted by atomic mass is 35.5. The van der Waals surface area contributed by atoms with Crippen molar-refractivity contribution in [3.63, 3.8) is 0 Å². The maximum atomic E-state index is 13.7. The van der Waals surface area contributed by atoms with Crippen molar-refractivity contribution in [2.24, 2.45) is 0 Å². The van der Waals surface area contributed by atoms with E-state index in [0.29, 0.717) is 34.9 Å². The Morgan fingerprint density at radius 1 is 1.22 bits per heavy atom. The van der Waals surface area contributed by atoms with Crippen LogP contribution in [-0.4, -0.2) is 30.2 Å². The Balaban J connectivity index is 1.92. The third-order valence-corrected chi connectivity index (χ3v) is 6.63. The zero-order valence-electron chi connectivity index (χ0n) is 20.8. The zero-order chi connectivity index (χ0) is 26.3. The lowest BCUT2D eigenvalue weighted by Crippen LogP contribution is -2.50. The van der Waals surface area contributed by atoms with Gasteiger partial charge in [-0.25, -0.2) is 0 Å². The number of carbonyl (C=O) groups excluding carboxylic acids is 2. The number of hydrogen-bond acceptors (Lipinski definition) is 6. The van der Waals surface area contributed by atoms with Crippen molar-refractivity contribution in [1.82, 2.24) is 10.5 Å². The number of amides is 1. The standard InChI is InChI=1S/C28H30ClN3O4/c1-18(2)25-14-26(32-36-25)28(4,16-35-17-33)27(34)31-19(3)24(13-20-8-10-23(29)11-9-20)22-7-5-6-21(12-22)15-30/h5-12,14,17-19,24H,13,16H2,1-4H3,(H,31,34)/t19-,24+,28?/m0/s1. The molecule has 0 saturated heterocycles. The van der Waals surface area contributed by atoms with E-state index >= 15 is 0 Å². The molecule has 0 fully saturated rings. The van der Waals surface area contributed by atoms with Gasteiger partial charge in [0.05, 0.1) is 11.6 Å². The van der Waals surface area contributed by atoms with Crippen LogP contribution >= 0.6 is 11.6 Å². The minimum atomic E-state index is -1.26. The van der Waals surface area contributed by atoms with E-state index in [1.54, 1.807) is 19.1 Å². The molecule has 188 valence electrons. The molecule has 7 nitrogen and oxygen atoms in total. The molecule has 0 radical (unpaired) electrons. The number of nitrogens with one attached hydrogen (secondary N) is 1. The summed E-state index contributed by atoms with van der Waals surface area (Å²) in [5.74, 6) is 0.221. The van der Waals surface area contributed by atoms with Gasteiger partial charge in [0.25, 0.3) is 6.47 Å². The topological polar surface area (TPSA) is 105 Å². The average molecular weight is 508 g/mol. The Bertz CT molecular complexity index is 1230. The molecule has 3 aromatic rings. The lowest BCUT2D eigenvalue weighted by Gasteiger charge is -2.31. The van der Waals surface area contributed by atoms with Gasteiger partial charge in [-0.2, -0.15) is 5.26 Å². The Morgan fingerprint density at radius 3 is 2.56 bits per heavy atom. The Morgan fingerprint density at radius 2 is 1.94 bits per heavy atom. The van der Waals surface area contributed by atoms with Crippen LogP contribution in [0.3, 0.4) is 0 Å². The van der Waals surface area contributed by atoms with E-state index in [0.717, 1.165) is 11.1 Å². The highest BCUT2D eigenvalue weighted by molar-refractivity contribution is 6.30. The number of nitrogens with zero attached hydrogens (tertiary/aromatic N) is 2. The van der Waals surface area contributed by atoms with Gasteiger partial charge in [0.15, 0.2) is 0 Å². The second-order valence-electron chi connectivity index (χ2n) is 9.45. The lowest BCUT2D eigenvalue weighted by molar-refractivity contribution is -0.136. The number of ether oxygens (including phenoxy) is 1. The number of halogens is 1. The molecule has 1 unspecified atom stereocenters. The molecule has 3 atom stereocenters. The number of hydrogen-bond donors (Lipinski definition) is 1. The maximum Gasteiger partial charge on any atom is 0.293 e. The molecule has 1 N–H and O–H groups in total. The van der Waals surface area contributed by atoms with Crippen LogP contribution in [0.25, 0.3) is 0 Å². The van der Waals surface area contributed by atoms with Crippen molar-refractivity contribution in [3.8, 4) is 6.07 Å². The van der Waals surface area contributed by atoms with Crippen LogP contribution in [0, 0.1) is 11.3 Å². The van der Waals surface area contributed by atoms with Gasteiger partial charge in [-0.3, -0.25) is 9.59 Å². The van der Waals surface area contributed by atoms with E-state index in [9.17, 15) is 14.9 Å². The first-order valence-corrected chi connectivity index (χ1v) is 12.1. The molecule has 1 aromatic heterocycles. The Labute approximate surface area is 216 Å². The molecule has 0 bridgehead atoms. The monoisotopic (exact) mass is 507 g/mol. The fourth-order valence-corrected chi connectivity index (χ4v) is 4.17. The summed E-state index contributed by atoms with van der Waals surface area (Å²) in [5, 5.41) is 17.3. The van der Waals surface area contributed by atoms with Gasteiger partial charge in [0.2, 0.25) is 5.91 Å². The number of carbonyl (C=O) groups is 2. The van der Waals surface area contributed by atoms with Crippen molar-refractivity contribution in [2.45, 2.75) is 57.4 Å². The molecule has 8 heteroatoms. The molecule has 0 aliphatic carbocycles. The van der Waals surface area contributed by atoms with E-state index in [4.69, 9.17) is 20.9 Å². The van der Waals surface area contributed by atoms with Crippen molar-refractivity contribution in [1.29, 1.82) is 5.26 Å². The molecule has 0 saturated carbocycles.